The van der Waals surface area contributed by atoms with Gasteiger partial charge in [-0.05, 0) is 6.92 Å². The van der Waals surface area contributed by atoms with Crippen LogP contribution in [0, 0.1) is 6.92 Å². The number of halogens is 3. The van der Waals surface area contributed by atoms with Crippen molar-refractivity contribution >= 4 is 5.82 Å². The monoisotopic (exact) mass is 221 g/mol. The third kappa shape index (κ3) is 2.72. The number of hydrogen-bond acceptors (Lipinski definition) is 4. The van der Waals surface area contributed by atoms with Crippen molar-refractivity contribution in [2.75, 3.05) is 5.73 Å². The summed E-state index contributed by atoms with van der Waals surface area (Å²) < 4.78 is 40.0. The fourth-order valence-corrected chi connectivity index (χ4v) is 1.11. The average Bonchev–Trinajstić information content (AvgIpc) is 2.10. The summed E-state index contributed by atoms with van der Waals surface area (Å²) in [6.45, 7) is 1.28. The Morgan fingerprint density at radius 3 is 2.53 bits per heavy atom. The van der Waals surface area contributed by atoms with Gasteiger partial charge in [-0.2, -0.15) is 0 Å². The molecule has 0 fully saturated rings. The van der Waals surface area contributed by atoms with Crippen LogP contribution in [-0.2, 0) is 6.54 Å². The standard InChI is InChI=1S/C8H10F3N3O/c1-4-3-14-7(13)5(2-12)6(4)15-8(9,10)11/h3H,2,12H2,1H3,(H2,13,14). The van der Waals surface area contributed by atoms with E-state index in [1.165, 1.54) is 13.1 Å². The van der Waals surface area contributed by atoms with E-state index in [4.69, 9.17) is 11.5 Å². The lowest BCUT2D eigenvalue weighted by Crippen LogP contribution is -2.20. The van der Waals surface area contributed by atoms with Crippen LogP contribution >= 0.6 is 0 Å². The van der Waals surface area contributed by atoms with Crippen molar-refractivity contribution in [3.05, 3.63) is 17.3 Å². The Hall–Kier alpha value is -1.50. The Morgan fingerprint density at radius 1 is 1.47 bits per heavy atom. The number of alkyl halides is 3. The van der Waals surface area contributed by atoms with Gasteiger partial charge in [-0.3, -0.25) is 0 Å². The first-order valence-electron chi connectivity index (χ1n) is 4.05. The topological polar surface area (TPSA) is 74.2 Å². The molecule has 15 heavy (non-hydrogen) atoms. The molecule has 0 amide bonds. The van der Waals surface area contributed by atoms with Gasteiger partial charge < -0.3 is 16.2 Å². The fraction of sp³-hybridized carbons (Fsp3) is 0.375. The SMILES string of the molecule is Cc1cnc(N)c(CN)c1OC(F)(F)F. The van der Waals surface area contributed by atoms with Crippen LogP contribution in [-0.4, -0.2) is 11.3 Å². The van der Waals surface area contributed by atoms with Crippen molar-refractivity contribution in [3.63, 3.8) is 0 Å². The number of nitrogen functional groups attached to an aromatic ring is 1. The zero-order chi connectivity index (χ0) is 11.6. The van der Waals surface area contributed by atoms with E-state index in [2.05, 4.69) is 9.72 Å². The minimum atomic E-state index is -4.76. The molecule has 0 saturated heterocycles. The molecule has 0 spiro atoms. The van der Waals surface area contributed by atoms with Gasteiger partial charge >= 0.3 is 6.36 Å². The molecule has 4 nitrogen and oxygen atoms in total. The van der Waals surface area contributed by atoms with Crippen LogP contribution in [0.25, 0.3) is 0 Å². The first-order chi connectivity index (χ1) is 6.85. The van der Waals surface area contributed by atoms with Crippen molar-refractivity contribution in [1.82, 2.24) is 4.98 Å². The number of anilines is 1. The number of aryl methyl sites for hydroxylation is 1. The minimum absolute atomic E-state index is 0.0534. The van der Waals surface area contributed by atoms with Gasteiger partial charge in [0.2, 0.25) is 0 Å². The number of rotatable bonds is 2. The summed E-state index contributed by atoms with van der Waals surface area (Å²) in [6.07, 6.45) is -3.56. The fourth-order valence-electron chi connectivity index (χ4n) is 1.11. The largest absolute Gasteiger partial charge is 0.573 e. The Labute approximate surface area is 84.0 Å². The maximum Gasteiger partial charge on any atom is 0.573 e. The Bertz CT molecular complexity index is 365. The third-order valence-electron chi connectivity index (χ3n) is 1.76. The first kappa shape index (κ1) is 11.6. The molecule has 0 saturated carbocycles. The molecule has 0 aliphatic heterocycles. The van der Waals surface area contributed by atoms with Crippen molar-refractivity contribution in [2.45, 2.75) is 19.8 Å². The van der Waals surface area contributed by atoms with E-state index in [-0.39, 0.29) is 29.2 Å². The van der Waals surface area contributed by atoms with Crippen LogP contribution in [0.3, 0.4) is 0 Å². The molecule has 1 rings (SSSR count). The van der Waals surface area contributed by atoms with Crippen molar-refractivity contribution in [1.29, 1.82) is 0 Å². The van der Waals surface area contributed by atoms with E-state index in [1.54, 1.807) is 0 Å². The molecule has 4 N–H and O–H groups in total. The molecule has 0 radical (unpaired) electrons. The third-order valence-corrected chi connectivity index (χ3v) is 1.76. The Kier molecular flexibility index (Phi) is 3.04. The molecule has 0 aromatic carbocycles. The minimum Gasteiger partial charge on any atom is -0.405 e. The van der Waals surface area contributed by atoms with Gasteiger partial charge in [0.25, 0.3) is 0 Å². The lowest BCUT2D eigenvalue weighted by Gasteiger charge is -2.15. The van der Waals surface area contributed by atoms with E-state index in [9.17, 15) is 13.2 Å². The van der Waals surface area contributed by atoms with E-state index < -0.39 is 6.36 Å². The van der Waals surface area contributed by atoms with Crippen LogP contribution < -0.4 is 16.2 Å². The second-order valence-electron chi connectivity index (χ2n) is 2.89. The normalized spacial score (nSPS) is 11.5. The van der Waals surface area contributed by atoms with Gasteiger partial charge in [0, 0.05) is 18.3 Å². The van der Waals surface area contributed by atoms with Crippen molar-refractivity contribution in [3.8, 4) is 5.75 Å². The lowest BCUT2D eigenvalue weighted by molar-refractivity contribution is -0.275. The number of hydrogen-bond donors (Lipinski definition) is 2. The van der Waals surface area contributed by atoms with E-state index in [1.807, 2.05) is 0 Å². The highest BCUT2D eigenvalue weighted by Crippen LogP contribution is 2.31. The Morgan fingerprint density at radius 2 is 2.07 bits per heavy atom. The molecule has 0 atom stereocenters. The molecular formula is C8H10F3N3O. The van der Waals surface area contributed by atoms with E-state index >= 15 is 0 Å². The molecular weight excluding hydrogens is 211 g/mol. The van der Waals surface area contributed by atoms with Gasteiger partial charge in [-0.25, -0.2) is 4.98 Å². The Balaban J connectivity index is 3.20. The number of aromatic nitrogens is 1. The second kappa shape index (κ2) is 3.93. The summed E-state index contributed by atoms with van der Waals surface area (Å²) in [6, 6.07) is 0. The van der Waals surface area contributed by atoms with Gasteiger partial charge in [-0.1, -0.05) is 0 Å². The van der Waals surface area contributed by atoms with Crippen LogP contribution in [0.2, 0.25) is 0 Å². The molecule has 0 aliphatic carbocycles. The number of nitrogens with zero attached hydrogens (tertiary/aromatic N) is 1. The molecule has 0 aliphatic rings. The van der Waals surface area contributed by atoms with Gasteiger partial charge in [0.05, 0.1) is 5.56 Å². The van der Waals surface area contributed by atoms with E-state index in [0.717, 1.165) is 0 Å². The smallest absolute Gasteiger partial charge is 0.405 e. The van der Waals surface area contributed by atoms with Gasteiger partial charge in [-0.15, -0.1) is 13.2 Å². The van der Waals surface area contributed by atoms with Crippen molar-refractivity contribution < 1.29 is 17.9 Å². The maximum absolute atomic E-state index is 12.0. The zero-order valence-corrected chi connectivity index (χ0v) is 7.93. The highest BCUT2D eigenvalue weighted by Gasteiger charge is 2.33. The average molecular weight is 221 g/mol. The second-order valence-corrected chi connectivity index (χ2v) is 2.89. The van der Waals surface area contributed by atoms with E-state index in [0.29, 0.717) is 0 Å². The summed E-state index contributed by atoms with van der Waals surface area (Å²) >= 11 is 0. The number of nitrogens with two attached hydrogens (primary N) is 2. The quantitative estimate of drug-likeness (QED) is 0.790. The molecule has 0 bridgehead atoms. The molecule has 1 heterocycles. The number of pyridine rings is 1. The van der Waals surface area contributed by atoms with Gasteiger partial charge in [0.15, 0.2) is 0 Å². The molecule has 1 aromatic rings. The zero-order valence-electron chi connectivity index (χ0n) is 7.93. The molecule has 0 unspecified atom stereocenters. The summed E-state index contributed by atoms with van der Waals surface area (Å²) in [4.78, 5) is 3.69. The predicted molar refractivity (Wildman–Crippen MR) is 48.0 cm³/mol. The summed E-state index contributed by atoms with van der Waals surface area (Å²) in [5, 5.41) is 0. The molecule has 84 valence electrons. The van der Waals surface area contributed by atoms with Crippen molar-refractivity contribution in [2.24, 2.45) is 5.73 Å². The molecule has 7 heteroatoms. The summed E-state index contributed by atoms with van der Waals surface area (Å²) in [7, 11) is 0. The molecule has 1 aromatic heterocycles. The van der Waals surface area contributed by atoms with Crippen LogP contribution in [0.4, 0.5) is 19.0 Å². The summed E-state index contributed by atoms with van der Waals surface area (Å²) in [5.41, 5.74) is 11.0. The first-order valence-corrected chi connectivity index (χ1v) is 4.05. The predicted octanol–water partition coefficient (Wildman–Crippen LogP) is 1.33. The van der Waals surface area contributed by atoms with Crippen LogP contribution in [0.5, 0.6) is 5.75 Å². The van der Waals surface area contributed by atoms with Crippen LogP contribution in [0.15, 0.2) is 6.20 Å². The van der Waals surface area contributed by atoms with Crippen LogP contribution in [0.1, 0.15) is 11.1 Å². The maximum atomic E-state index is 12.0. The lowest BCUT2D eigenvalue weighted by atomic mass is 10.1. The number of ether oxygens (including phenoxy) is 1. The van der Waals surface area contributed by atoms with Gasteiger partial charge in [0.1, 0.15) is 11.6 Å². The summed E-state index contributed by atoms with van der Waals surface area (Å²) in [5.74, 6) is -0.417. The highest BCUT2D eigenvalue weighted by molar-refractivity contribution is 5.51. The highest BCUT2D eigenvalue weighted by atomic mass is 19.4.